The number of nitrogens with one attached hydrogen (secondary N) is 1. The van der Waals surface area contributed by atoms with E-state index >= 15 is 0 Å². The smallest absolute Gasteiger partial charge is 0.0487 e. The molecule has 0 aliphatic carbocycles. The van der Waals surface area contributed by atoms with Crippen molar-refractivity contribution in [3.05, 3.63) is 27.7 Å². The Morgan fingerprint density at radius 3 is 2.73 bits per heavy atom. The lowest BCUT2D eigenvalue weighted by Crippen LogP contribution is -2.27. The zero-order valence-electron chi connectivity index (χ0n) is 8.30. The second kappa shape index (κ2) is 5.19. The first-order valence-electron chi connectivity index (χ1n) is 5.05. The third-order valence-corrected chi connectivity index (χ3v) is 3.40. The van der Waals surface area contributed by atoms with E-state index in [9.17, 15) is 0 Å². The van der Waals surface area contributed by atoms with E-state index in [-0.39, 0.29) is 0 Å². The van der Waals surface area contributed by atoms with Gasteiger partial charge >= 0.3 is 0 Å². The van der Waals surface area contributed by atoms with Gasteiger partial charge in [-0.1, -0.05) is 11.6 Å². The number of ether oxygens (including phenoxy) is 1. The van der Waals surface area contributed by atoms with Crippen LogP contribution in [0.1, 0.15) is 12.8 Å². The largest absolute Gasteiger partial charge is 0.381 e. The summed E-state index contributed by atoms with van der Waals surface area (Å²) < 4.78 is 6.33. The molecule has 0 bridgehead atoms. The van der Waals surface area contributed by atoms with E-state index in [1.54, 1.807) is 0 Å². The van der Waals surface area contributed by atoms with Crippen LogP contribution in [-0.4, -0.2) is 19.3 Å². The molecule has 1 aliphatic heterocycles. The molecule has 1 saturated heterocycles. The summed E-state index contributed by atoms with van der Waals surface area (Å²) in [5, 5.41) is 4.24. The van der Waals surface area contributed by atoms with Crippen molar-refractivity contribution < 1.29 is 4.74 Å². The average Bonchev–Trinajstić information content (AvgIpc) is 2.24. The molecule has 0 unspecified atom stereocenters. The zero-order chi connectivity index (χ0) is 10.7. The lowest BCUT2D eigenvalue weighted by molar-refractivity contribution is 0.0904. The summed E-state index contributed by atoms with van der Waals surface area (Å²) in [5.74, 6) is 0. The summed E-state index contributed by atoms with van der Waals surface area (Å²) in [6, 6.07) is 6.32. The van der Waals surface area contributed by atoms with E-state index in [0.29, 0.717) is 6.04 Å². The van der Waals surface area contributed by atoms with Crippen molar-refractivity contribution in [2.75, 3.05) is 18.5 Å². The third kappa shape index (κ3) is 3.10. The first-order chi connectivity index (χ1) is 7.25. The van der Waals surface area contributed by atoms with Crippen LogP contribution in [0.3, 0.4) is 0 Å². The normalized spacial score (nSPS) is 17.7. The van der Waals surface area contributed by atoms with Crippen LogP contribution in [0.15, 0.2) is 22.7 Å². The van der Waals surface area contributed by atoms with Crippen molar-refractivity contribution in [2.24, 2.45) is 0 Å². The van der Waals surface area contributed by atoms with Crippen molar-refractivity contribution in [1.82, 2.24) is 0 Å². The van der Waals surface area contributed by atoms with Crippen LogP contribution in [0.25, 0.3) is 0 Å². The molecule has 2 nitrogen and oxygen atoms in total. The molecule has 0 radical (unpaired) electrons. The maximum absolute atomic E-state index is 5.88. The number of hydrogen-bond acceptors (Lipinski definition) is 2. The van der Waals surface area contributed by atoms with Crippen LogP contribution in [0.4, 0.5) is 5.69 Å². The topological polar surface area (TPSA) is 21.3 Å². The fourth-order valence-corrected chi connectivity index (χ4v) is 2.47. The molecular formula is C11H13BrClNO. The molecule has 1 N–H and O–H groups in total. The number of halogens is 2. The average molecular weight is 291 g/mol. The van der Waals surface area contributed by atoms with Gasteiger partial charge in [0.25, 0.3) is 0 Å². The van der Waals surface area contributed by atoms with E-state index in [0.717, 1.165) is 41.2 Å². The van der Waals surface area contributed by atoms with Gasteiger partial charge in [-0.3, -0.25) is 0 Å². The standard InChI is InChI=1S/C11H13BrClNO/c12-10-7-8(13)1-2-11(10)14-9-3-5-15-6-4-9/h1-2,7,9,14H,3-6H2. The summed E-state index contributed by atoms with van der Waals surface area (Å²) in [6.07, 6.45) is 2.13. The molecule has 1 aromatic rings. The predicted octanol–water partition coefficient (Wildman–Crippen LogP) is 3.69. The van der Waals surface area contributed by atoms with E-state index in [4.69, 9.17) is 16.3 Å². The summed E-state index contributed by atoms with van der Waals surface area (Å²) in [4.78, 5) is 0. The molecule has 1 heterocycles. The highest BCUT2D eigenvalue weighted by atomic mass is 79.9. The van der Waals surface area contributed by atoms with Crippen LogP contribution in [-0.2, 0) is 4.74 Å². The Bertz CT molecular complexity index is 339. The van der Waals surface area contributed by atoms with Gasteiger partial charge in [0.1, 0.15) is 0 Å². The molecule has 1 aromatic carbocycles. The van der Waals surface area contributed by atoms with Crippen LogP contribution >= 0.6 is 27.5 Å². The second-order valence-electron chi connectivity index (χ2n) is 3.66. The number of benzene rings is 1. The molecule has 0 amide bonds. The molecule has 0 spiro atoms. The Hall–Kier alpha value is -0.250. The molecule has 1 aliphatic rings. The maximum Gasteiger partial charge on any atom is 0.0487 e. The predicted molar refractivity (Wildman–Crippen MR) is 66.6 cm³/mol. The van der Waals surface area contributed by atoms with Crippen molar-refractivity contribution >= 4 is 33.2 Å². The van der Waals surface area contributed by atoms with Gasteiger partial charge in [-0.05, 0) is 47.0 Å². The Labute approximate surface area is 103 Å². The maximum atomic E-state index is 5.88. The van der Waals surface area contributed by atoms with E-state index in [2.05, 4.69) is 21.2 Å². The third-order valence-electron chi connectivity index (χ3n) is 2.51. The van der Waals surface area contributed by atoms with E-state index in [1.165, 1.54) is 0 Å². The lowest BCUT2D eigenvalue weighted by atomic mass is 10.1. The highest BCUT2D eigenvalue weighted by molar-refractivity contribution is 9.10. The Kier molecular flexibility index (Phi) is 3.89. The van der Waals surface area contributed by atoms with Gasteiger partial charge in [-0.15, -0.1) is 0 Å². The zero-order valence-corrected chi connectivity index (χ0v) is 10.6. The Morgan fingerprint density at radius 1 is 1.33 bits per heavy atom. The van der Waals surface area contributed by atoms with Crippen molar-refractivity contribution in [2.45, 2.75) is 18.9 Å². The monoisotopic (exact) mass is 289 g/mol. The molecular weight excluding hydrogens is 277 g/mol. The summed E-state index contributed by atoms with van der Waals surface area (Å²) in [6.45, 7) is 1.70. The molecule has 0 aromatic heterocycles. The van der Waals surface area contributed by atoms with Crippen molar-refractivity contribution in [3.63, 3.8) is 0 Å². The summed E-state index contributed by atoms with van der Waals surface area (Å²) in [5.41, 5.74) is 1.10. The van der Waals surface area contributed by atoms with Crippen LogP contribution in [0.5, 0.6) is 0 Å². The molecule has 1 fully saturated rings. The number of hydrogen-bond donors (Lipinski definition) is 1. The van der Waals surface area contributed by atoms with Crippen LogP contribution in [0.2, 0.25) is 5.02 Å². The molecule has 4 heteroatoms. The van der Waals surface area contributed by atoms with Gasteiger partial charge in [0, 0.05) is 34.4 Å². The van der Waals surface area contributed by atoms with Crippen LogP contribution in [0, 0.1) is 0 Å². The summed E-state index contributed by atoms with van der Waals surface area (Å²) in [7, 11) is 0. The first kappa shape index (κ1) is 11.2. The number of anilines is 1. The van der Waals surface area contributed by atoms with Crippen molar-refractivity contribution in [1.29, 1.82) is 0 Å². The molecule has 2 rings (SSSR count). The van der Waals surface area contributed by atoms with Crippen LogP contribution < -0.4 is 5.32 Å². The van der Waals surface area contributed by atoms with E-state index in [1.807, 2.05) is 18.2 Å². The fraction of sp³-hybridized carbons (Fsp3) is 0.455. The minimum atomic E-state index is 0.510. The SMILES string of the molecule is Clc1ccc(NC2CCOCC2)c(Br)c1. The molecule has 0 atom stereocenters. The minimum Gasteiger partial charge on any atom is -0.381 e. The molecule has 15 heavy (non-hydrogen) atoms. The lowest BCUT2D eigenvalue weighted by Gasteiger charge is -2.24. The van der Waals surface area contributed by atoms with E-state index < -0.39 is 0 Å². The Balaban J connectivity index is 2.03. The molecule has 0 saturated carbocycles. The first-order valence-corrected chi connectivity index (χ1v) is 6.22. The van der Waals surface area contributed by atoms with Crippen molar-refractivity contribution in [3.8, 4) is 0 Å². The minimum absolute atomic E-state index is 0.510. The molecule has 82 valence electrons. The Morgan fingerprint density at radius 2 is 2.07 bits per heavy atom. The van der Waals surface area contributed by atoms with Gasteiger partial charge in [0.05, 0.1) is 0 Å². The highest BCUT2D eigenvalue weighted by Gasteiger charge is 2.14. The van der Waals surface area contributed by atoms with Gasteiger partial charge in [-0.2, -0.15) is 0 Å². The highest BCUT2D eigenvalue weighted by Crippen LogP contribution is 2.27. The second-order valence-corrected chi connectivity index (χ2v) is 4.95. The fourth-order valence-electron chi connectivity index (χ4n) is 1.67. The quantitative estimate of drug-likeness (QED) is 0.897. The van der Waals surface area contributed by atoms with Gasteiger partial charge < -0.3 is 10.1 Å². The van der Waals surface area contributed by atoms with Gasteiger partial charge in [0.2, 0.25) is 0 Å². The van der Waals surface area contributed by atoms with Gasteiger partial charge in [-0.25, -0.2) is 0 Å². The van der Waals surface area contributed by atoms with Gasteiger partial charge in [0.15, 0.2) is 0 Å². The summed E-state index contributed by atoms with van der Waals surface area (Å²) >= 11 is 9.38. The number of rotatable bonds is 2.